The molecule has 6 heteroatoms. The standard InChI is InChI=1S/C13H15N3O3/c1-3-16-8-11(7-15-16)13(17)19-9-10-4-5-12(18-2)14-6-10/h4-8H,3,9H2,1-2H3. The molecule has 6 nitrogen and oxygen atoms in total. The van der Waals surface area contributed by atoms with Gasteiger partial charge in [-0.1, -0.05) is 0 Å². The summed E-state index contributed by atoms with van der Waals surface area (Å²) >= 11 is 0. The first-order valence-corrected chi connectivity index (χ1v) is 5.91. The Morgan fingerprint density at radius 3 is 2.79 bits per heavy atom. The maximum atomic E-state index is 11.7. The van der Waals surface area contributed by atoms with Crippen LogP contribution in [0.25, 0.3) is 0 Å². The number of pyridine rings is 1. The summed E-state index contributed by atoms with van der Waals surface area (Å²) in [7, 11) is 1.55. The van der Waals surface area contributed by atoms with Gasteiger partial charge in [-0.15, -0.1) is 0 Å². The van der Waals surface area contributed by atoms with E-state index >= 15 is 0 Å². The van der Waals surface area contributed by atoms with Gasteiger partial charge in [0.05, 0.1) is 18.9 Å². The fourth-order valence-corrected chi connectivity index (χ4v) is 1.49. The Hall–Kier alpha value is -2.37. The zero-order chi connectivity index (χ0) is 13.7. The van der Waals surface area contributed by atoms with E-state index in [1.165, 1.54) is 6.20 Å². The van der Waals surface area contributed by atoms with Crippen LogP contribution in [0.5, 0.6) is 5.88 Å². The number of rotatable bonds is 5. The molecule has 0 radical (unpaired) electrons. The van der Waals surface area contributed by atoms with Crippen LogP contribution >= 0.6 is 0 Å². The van der Waals surface area contributed by atoms with E-state index in [2.05, 4.69) is 10.1 Å². The molecule has 0 bridgehead atoms. The third-order valence-corrected chi connectivity index (χ3v) is 2.57. The third kappa shape index (κ3) is 3.31. The number of aryl methyl sites for hydroxylation is 1. The highest BCUT2D eigenvalue weighted by atomic mass is 16.5. The van der Waals surface area contributed by atoms with Crippen molar-refractivity contribution >= 4 is 5.97 Å². The average molecular weight is 261 g/mol. The smallest absolute Gasteiger partial charge is 0.341 e. The number of methoxy groups -OCH3 is 1. The fraction of sp³-hybridized carbons (Fsp3) is 0.308. The molecule has 0 aliphatic rings. The molecule has 0 saturated heterocycles. The zero-order valence-electron chi connectivity index (χ0n) is 10.9. The molecule has 2 heterocycles. The summed E-state index contributed by atoms with van der Waals surface area (Å²) in [5.41, 5.74) is 1.25. The molecule has 100 valence electrons. The summed E-state index contributed by atoms with van der Waals surface area (Å²) in [6, 6.07) is 3.52. The molecule has 0 atom stereocenters. The lowest BCUT2D eigenvalue weighted by atomic mass is 10.3. The average Bonchev–Trinajstić information content (AvgIpc) is 2.94. The van der Waals surface area contributed by atoms with Crippen molar-refractivity contribution in [3.05, 3.63) is 41.9 Å². The summed E-state index contributed by atoms with van der Waals surface area (Å²) in [5, 5.41) is 4.02. The van der Waals surface area contributed by atoms with Gasteiger partial charge >= 0.3 is 5.97 Å². The Labute approximate surface area is 111 Å². The molecule has 2 rings (SSSR count). The Kier molecular flexibility index (Phi) is 4.12. The highest BCUT2D eigenvalue weighted by molar-refractivity contribution is 5.88. The largest absolute Gasteiger partial charge is 0.481 e. The van der Waals surface area contributed by atoms with Crippen LogP contribution in [-0.4, -0.2) is 27.8 Å². The molecule has 0 aromatic carbocycles. The minimum absolute atomic E-state index is 0.174. The van der Waals surface area contributed by atoms with E-state index in [-0.39, 0.29) is 6.61 Å². The van der Waals surface area contributed by atoms with Crippen LogP contribution in [0.1, 0.15) is 22.8 Å². The summed E-state index contributed by atoms with van der Waals surface area (Å²) in [5.74, 6) is 0.134. The third-order valence-electron chi connectivity index (χ3n) is 2.57. The van der Waals surface area contributed by atoms with E-state index in [9.17, 15) is 4.79 Å². The van der Waals surface area contributed by atoms with Crippen LogP contribution < -0.4 is 4.74 Å². The minimum Gasteiger partial charge on any atom is -0.481 e. The highest BCUT2D eigenvalue weighted by Crippen LogP contribution is 2.09. The molecule has 0 unspecified atom stereocenters. The van der Waals surface area contributed by atoms with Gasteiger partial charge in [0.25, 0.3) is 0 Å². The number of hydrogen-bond acceptors (Lipinski definition) is 5. The molecule has 0 spiro atoms. The second kappa shape index (κ2) is 5.99. The first-order chi connectivity index (χ1) is 9.22. The van der Waals surface area contributed by atoms with Crippen molar-refractivity contribution in [3.63, 3.8) is 0 Å². The van der Waals surface area contributed by atoms with Gasteiger partial charge in [-0.3, -0.25) is 4.68 Å². The van der Waals surface area contributed by atoms with E-state index in [4.69, 9.17) is 9.47 Å². The summed E-state index contributed by atoms with van der Waals surface area (Å²) in [4.78, 5) is 15.8. The van der Waals surface area contributed by atoms with E-state index < -0.39 is 5.97 Å². The molecule has 0 amide bonds. The van der Waals surface area contributed by atoms with Gasteiger partial charge in [0.1, 0.15) is 6.61 Å². The van der Waals surface area contributed by atoms with Gasteiger partial charge < -0.3 is 9.47 Å². The maximum Gasteiger partial charge on any atom is 0.341 e. The maximum absolute atomic E-state index is 11.7. The summed E-state index contributed by atoms with van der Waals surface area (Å²) in [6.07, 6.45) is 4.77. The number of hydrogen-bond donors (Lipinski definition) is 0. The predicted octanol–water partition coefficient (Wildman–Crippen LogP) is 1.66. The monoisotopic (exact) mass is 261 g/mol. The lowest BCUT2D eigenvalue weighted by Gasteiger charge is -2.04. The van der Waals surface area contributed by atoms with Crippen molar-refractivity contribution in [3.8, 4) is 5.88 Å². The molecule has 19 heavy (non-hydrogen) atoms. The van der Waals surface area contributed by atoms with Crippen molar-refractivity contribution in [1.29, 1.82) is 0 Å². The quantitative estimate of drug-likeness (QED) is 0.766. The zero-order valence-corrected chi connectivity index (χ0v) is 10.9. The number of ether oxygens (including phenoxy) is 2. The number of nitrogens with zero attached hydrogens (tertiary/aromatic N) is 3. The van der Waals surface area contributed by atoms with E-state index in [1.54, 1.807) is 36.3 Å². The van der Waals surface area contributed by atoms with E-state index in [1.807, 2.05) is 6.92 Å². The topological polar surface area (TPSA) is 66.2 Å². The van der Waals surface area contributed by atoms with E-state index in [0.717, 1.165) is 12.1 Å². The number of aromatic nitrogens is 3. The molecule has 0 aliphatic heterocycles. The molecule has 2 aromatic heterocycles. The van der Waals surface area contributed by atoms with Crippen molar-refractivity contribution < 1.29 is 14.3 Å². The SMILES string of the molecule is CCn1cc(C(=O)OCc2ccc(OC)nc2)cn1. The Balaban J connectivity index is 1.92. The molecule has 0 fully saturated rings. The minimum atomic E-state index is -0.393. The van der Waals surface area contributed by atoms with Crippen LogP contribution in [0.2, 0.25) is 0 Å². The van der Waals surface area contributed by atoms with Crippen LogP contribution in [0.15, 0.2) is 30.7 Å². The van der Waals surface area contributed by atoms with Crippen molar-refractivity contribution in [2.45, 2.75) is 20.1 Å². The van der Waals surface area contributed by atoms with Crippen molar-refractivity contribution in [1.82, 2.24) is 14.8 Å². The Morgan fingerprint density at radius 2 is 2.21 bits per heavy atom. The fourth-order valence-electron chi connectivity index (χ4n) is 1.49. The van der Waals surface area contributed by atoms with Crippen LogP contribution in [0.4, 0.5) is 0 Å². The number of carbonyl (C=O) groups is 1. The predicted molar refractivity (Wildman–Crippen MR) is 67.8 cm³/mol. The first-order valence-electron chi connectivity index (χ1n) is 5.91. The van der Waals surface area contributed by atoms with Gasteiger partial charge in [-0.2, -0.15) is 5.10 Å². The normalized spacial score (nSPS) is 10.2. The lowest BCUT2D eigenvalue weighted by Crippen LogP contribution is -2.04. The molecule has 0 saturated carbocycles. The van der Waals surface area contributed by atoms with Crippen LogP contribution in [0.3, 0.4) is 0 Å². The summed E-state index contributed by atoms with van der Waals surface area (Å²) < 4.78 is 11.8. The number of esters is 1. The highest BCUT2D eigenvalue weighted by Gasteiger charge is 2.10. The summed E-state index contributed by atoms with van der Waals surface area (Å²) in [6.45, 7) is 2.84. The van der Waals surface area contributed by atoms with E-state index in [0.29, 0.717) is 11.4 Å². The Bertz CT molecular complexity index is 549. The van der Waals surface area contributed by atoms with Gasteiger partial charge in [-0.25, -0.2) is 9.78 Å². The molecule has 0 aliphatic carbocycles. The van der Waals surface area contributed by atoms with Gasteiger partial charge in [0.2, 0.25) is 5.88 Å². The first kappa shape index (κ1) is 13.1. The van der Waals surface area contributed by atoms with Crippen molar-refractivity contribution in [2.24, 2.45) is 0 Å². The number of carbonyl (C=O) groups excluding carboxylic acids is 1. The molecule has 0 N–H and O–H groups in total. The molecular weight excluding hydrogens is 246 g/mol. The molecule has 2 aromatic rings. The molecular formula is C13H15N3O3. The van der Waals surface area contributed by atoms with Gasteiger partial charge in [-0.05, 0) is 13.0 Å². The van der Waals surface area contributed by atoms with Gasteiger partial charge in [0, 0.05) is 30.6 Å². The lowest BCUT2D eigenvalue weighted by molar-refractivity contribution is 0.0472. The second-order valence-electron chi connectivity index (χ2n) is 3.87. The van der Waals surface area contributed by atoms with Crippen LogP contribution in [0, 0.1) is 0 Å². The van der Waals surface area contributed by atoms with Gasteiger partial charge in [0.15, 0.2) is 0 Å². The van der Waals surface area contributed by atoms with Crippen molar-refractivity contribution in [2.75, 3.05) is 7.11 Å². The van der Waals surface area contributed by atoms with Crippen LogP contribution in [-0.2, 0) is 17.9 Å². The second-order valence-corrected chi connectivity index (χ2v) is 3.87. The Morgan fingerprint density at radius 1 is 1.37 bits per heavy atom.